The summed E-state index contributed by atoms with van der Waals surface area (Å²) in [5.74, 6) is -1.19. The van der Waals surface area contributed by atoms with Crippen molar-refractivity contribution in [3.63, 3.8) is 0 Å². The van der Waals surface area contributed by atoms with Crippen LogP contribution in [0, 0.1) is 0 Å². The number of aliphatic hydroxyl groups excluding tert-OH is 1. The first-order valence-electron chi connectivity index (χ1n) is 5.49. The molecule has 1 fully saturated rings. The van der Waals surface area contributed by atoms with Gasteiger partial charge in [0.15, 0.2) is 0 Å². The average molecular weight is 234 g/mol. The minimum atomic E-state index is -1.23. The molecular weight excluding hydrogens is 212 g/mol. The predicted molar refractivity (Wildman–Crippen MR) is 60.2 cm³/mol. The van der Waals surface area contributed by atoms with Crippen LogP contribution in [0.4, 0.5) is 0 Å². The molecule has 1 aliphatic heterocycles. The molecule has 1 atom stereocenters. The van der Waals surface area contributed by atoms with Gasteiger partial charge in [-0.3, -0.25) is 4.90 Å². The number of rotatable bonds is 4. The zero-order valence-corrected chi connectivity index (χ0v) is 9.76. The summed E-state index contributed by atoms with van der Waals surface area (Å²) in [4.78, 5) is 11.8. The number of hydrogen-bond donors (Lipinski definition) is 3. The molecule has 0 aliphatic carbocycles. The molecule has 0 bridgehead atoms. The number of carboxylic acid groups (broad SMARTS) is 1. The Bertz CT molecular complexity index is 182. The largest absolute Gasteiger partial charge is 0.479 e. The topological polar surface area (TPSA) is 96.0 Å². The smallest absolute Gasteiger partial charge is 0.332 e. The summed E-state index contributed by atoms with van der Waals surface area (Å²) < 4.78 is 5.21. The number of carbonyl (C=O) groups is 1. The number of ether oxygens (including phenoxy) is 1. The van der Waals surface area contributed by atoms with Gasteiger partial charge in [-0.05, 0) is 26.4 Å². The molecule has 96 valence electrons. The average Bonchev–Trinajstić information content (AvgIpc) is 2.28. The molecule has 4 N–H and O–H groups in total. The number of carboxylic acids is 1. The molecule has 1 saturated heterocycles. The van der Waals surface area contributed by atoms with Gasteiger partial charge in [-0.1, -0.05) is 0 Å². The van der Waals surface area contributed by atoms with Gasteiger partial charge in [0.05, 0.1) is 13.2 Å². The van der Waals surface area contributed by atoms with E-state index in [9.17, 15) is 4.79 Å². The molecule has 1 rings (SSSR count). The molecule has 6 heteroatoms. The SMILES string of the molecule is CC(O)C(=O)O.NCCCN1CCOCC1. The van der Waals surface area contributed by atoms with Gasteiger partial charge in [-0.25, -0.2) is 4.79 Å². The van der Waals surface area contributed by atoms with Crippen LogP contribution in [0.3, 0.4) is 0 Å². The highest BCUT2D eigenvalue weighted by Gasteiger charge is 2.08. The van der Waals surface area contributed by atoms with E-state index < -0.39 is 12.1 Å². The minimum absolute atomic E-state index is 0.803. The zero-order valence-electron chi connectivity index (χ0n) is 9.76. The van der Waals surface area contributed by atoms with Gasteiger partial charge in [0.25, 0.3) is 0 Å². The van der Waals surface area contributed by atoms with Crippen LogP contribution in [0.1, 0.15) is 13.3 Å². The van der Waals surface area contributed by atoms with Crippen LogP contribution in [-0.2, 0) is 9.53 Å². The standard InChI is InChI=1S/C7H16N2O.C3H6O3/c8-2-1-3-9-4-6-10-7-5-9;1-2(4)3(5)6/h1-8H2;2,4H,1H3,(H,5,6). The molecule has 0 amide bonds. The fraction of sp³-hybridized carbons (Fsp3) is 0.900. The molecule has 16 heavy (non-hydrogen) atoms. The third-order valence-electron chi connectivity index (χ3n) is 2.14. The summed E-state index contributed by atoms with van der Waals surface area (Å²) in [6.45, 7) is 7.09. The Morgan fingerprint density at radius 2 is 2.00 bits per heavy atom. The Kier molecular flexibility index (Phi) is 9.12. The molecule has 0 radical (unpaired) electrons. The van der Waals surface area contributed by atoms with Gasteiger partial charge in [0.1, 0.15) is 6.10 Å². The Balaban J connectivity index is 0.000000325. The molecule has 0 aromatic heterocycles. The van der Waals surface area contributed by atoms with Gasteiger partial charge in [-0.2, -0.15) is 0 Å². The monoisotopic (exact) mass is 234 g/mol. The molecule has 0 saturated carbocycles. The second kappa shape index (κ2) is 9.53. The molecule has 1 unspecified atom stereocenters. The Morgan fingerprint density at radius 3 is 2.38 bits per heavy atom. The van der Waals surface area contributed by atoms with E-state index >= 15 is 0 Å². The summed E-state index contributed by atoms with van der Waals surface area (Å²) in [5, 5.41) is 15.8. The first-order valence-corrected chi connectivity index (χ1v) is 5.49. The molecule has 0 aromatic rings. The predicted octanol–water partition coefficient (Wildman–Crippen LogP) is -0.881. The van der Waals surface area contributed by atoms with Crippen LogP contribution in [0.15, 0.2) is 0 Å². The highest BCUT2D eigenvalue weighted by molar-refractivity contribution is 5.71. The maximum atomic E-state index is 9.45. The summed E-state index contributed by atoms with van der Waals surface area (Å²) in [6.07, 6.45) is -0.120. The number of hydrogen-bond acceptors (Lipinski definition) is 5. The highest BCUT2D eigenvalue weighted by atomic mass is 16.5. The van der Waals surface area contributed by atoms with E-state index in [-0.39, 0.29) is 0 Å². The van der Waals surface area contributed by atoms with Crippen molar-refractivity contribution in [3.05, 3.63) is 0 Å². The number of nitrogens with two attached hydrogens (primary N) is 1. The van der Waals surface area contributed by atoms with Crippen LogP contribution >= 0.6 is 0 Å². The van der Waals surface area contributed by atoms with Crippen molar-refractivity contribution in [1.82, 2.24) is 4.90 Å². The van der Waals surface area contributed by atoms with Crippen LogP contribution < -0.4 is 5.73 Å². The Morgan fingerprint density at radius 1 is 1.50 bits per heavy atom. The van der Waals surface area contributed by atoms with Gasteiger partial charge in [-0.15, -0.1) is 0 Å². The number of aliphatic hydroxyl groups is 1. The van der Waals surface area contributed by atoms with Gasteiger partial charge >= 0.3 is 5.97 Å². The number of morpholine rings is 1. The van der Waals surface area contributed by atoms with Crippen LogP contribution in [0.25, 0.3) is 0 Å². The summed E-state index contributed by atoms with van der Waals surface area (Å²) in [6, 6.07) is 0. The van der Waals surface area contributed by atoms with Gasteiger partial charge < -0.3 is 20.7 Å². The number of aliphatic carboxylic acids is 1. The van der Waals surface area contributed by atoms with Crippen molar-refractivity contribution in [1.29, 1.82) is 0 Å². The molecular formula is C10H22N2O4. The quantitative estimate of drug-likeness (QED) is 0.584. The van der Waals surface area contributed by atoms with Gasteiger partial charge in [0.2, 0.25) is 0 Å². The lowest BCUT2D eigenvalue weighted by Gasteiger charge is -2.26. The van der Waals surface area contributed by atoms with E-state index in [1.807, 2.05) is 0 Å². The van der Waals surface area contributed by atoms with Crippen molar-refractivity contribution in [2.24, 2.45) is 5.73 Å². The van der Waals surface area contributed by atoms with E-state index in [4.69, 9.17) is 20.7 Å². The summed E-state index contributed by atoms with van der Waals surface area (Å²) in [7, 11) is 0. The van der Waals surface area contributed by atoms with E-state index in [1.165, 1.54) is 6.92 Å². The Hall–Kier alpha value is -0.690. The van der Waals surface area contributed by atoms with E-state index in [0.717, 1.165) is 45.8 Å². The second-order valence-electron chi connectivity index (χ2n) is 3.61. The van der Waals surface area contributed by atoms with Crippen molar-refractivity contribution in [2.75, 3.05) is 39.4 Å². The van der Waals surface area contributed by atoms with Crippen LogP contribution in [0.5, 0.6) is 0 Å². The number of nitrogens with zero attached hydrogens (tertiary/aromatic N) is 1. The summed E-state index contributed by atoms with van der Waals surface area (Å²) in [5.41, 5.74) is 5.39. The molecule has 1 aliphatic rings. The van der Waals surface area contributed by atoms with Gasteiger partial charge in [0, 0.05) is 13.1 Å². The van der Waals surface area contributed by atoms with E-state index in [2.05, 4.69) is 4.90 Å². The first-order chi connectivity index (χ1) is 7.57. The van der Waals surface area contributed by atoms with Crippen molar-refractivity contribution < 1.29 is 19.7 Å². The molecule has 0 aromatic carbocycles. The second-order valence-corrected chi connectivity index (χ2v) is 3.61. The lowest BCUT2D eigenvalue weighted by molar-refractivity contribution is -0.145. The first kappa shape index (κ1) is 15.3. The fourth-order valence-corrected chi connectivity index (χ4v) is 1.14. The van der Waals surface area contributed by atoms with Crippen LogP contribution in [-0.4, -0.2) is 66.6 Å². The van der Waals surface area contributed by atoms with E-state index in [0.29, 0.717) is 0 Å². The third kappa shape index (κ3) is 8.60. The molecule has 0 spiro atoms. The zero-order chi connectivity index (χ0) is 12.4. The lowest BCUT2D eigenvalue weighted by Crippen LogP contribution is -2.37. The lowest BCUT2D eigenvalue weighted by atomic mass is 10.3. The Labute approximate surface area is 96.0 Å². The minimum Gasteiger partial charge on any atom is -0.479 e. The van der Waals surface area contributed by atoms with Crippen molar-refractivity contribution in [3.8, 4) is 0 Å². The maximum absolute atomic E-state index is 9.45. The summed E-state index contributed by atoms with van der Waals surface area (Å²) >= 11 is 0. The van der Waals surface area contributed by atoms with Crippen molar-refractivity contribution in [2.45, 2.75) is 19.4 Å². The fourth-order valence-electron chi connectivity index (χ4n) is 1.14. The van der Waals surface area contributed by atoms with Crippen molar-refractivity contribution >= 4 is 5.97 Å². The third-order valence-corrected chi connectivity index (χ3v) is 2.14. The molecule has 6 nitrogen and oxygen atoms in total. The maximum Gasteiger partial charge on any atom is 0.332 e. The molecule has 1 heterocycles. The normalized spacial score (nSPS) is 18.4. The van der Waals surface area contributed by atoms with Crippen LogP contribution in [0.2, 0.25) is 0 Å². The van der Waals surface area contributed by atoms with E-state index in [1.54, 1.807) is 0 Å². The highest BCUT2D eigenvalue weighted by Crippen LogP contribution is 1.96.